The van der Waals surface area contributed by atoms with E-state index in [2.05, 4.69) is 20.9 Å². The molecule has 3 heteroatoms. The molecule has 0 atom stereocenters. The summed E-state index contributed by atoms with van der Waals surface area (Å²) < 4.78 is 1.04. The van der Waals surface area contributed by atoms with Crippen LogP contribution >= 0.6 is 27.5 Å². The standard InChI is InChI=1S/C7H7BrClN/c1-4-3-6(9)10-5(2)7(4)8/h3H,1-2H3. The summed E-state index contributed by atoms with van der Waals surface area (Å²) in [6, 6.07) is 1.83. The van der Waals surface area contributed by atoms with E-state index < -0.39 is 0 Å². The first-order valence-electron chi connectivity index (χ1n) is 2.90. The predicted octanol–water partition coefficient (Wildman–Crippen LogP) is 3.11. The van der Waals surface area contributed by atoms with E-state index in [9.17, 15) is 0 Å². The summed E-state index contributed by atoms with van der Waals surface area (Å²) in [6.07, 6.45) is 0. The molecule has 1 aromatic rings. The number of pyridine rings is 1. The second-order valence-corrected chi connectivity index (χ2v) is 3.34. The molecule has 0 fully saturated rings. The smallest absolute Gasteiger partial charge is 0.129 e. The lowest BCUT2D eigenvalue weighted by molar-refractivity contribution is 1.15. The molecule has 1 nitrogen and oxygen atoms in total. The fourth-order valence-electron chi connectivity index (χ4n) is 0.769. The average molecular weight is 220 g/mol. The highest BCUT2D eigenvalue weighted by molar-refractivity contribution is 9.10. The van der Waals surface area contributed by atoms with Crippen LogP contribution in [0.25, 0.3) is 0 Å². The lowest BCUT2D eigenvalue weighted by atomic mass is 10.2. The summed E-state index contributed by atoms with van der Waals surface area (Å²) in [5.41, 5.74) is 2.06. The van der Waals surface area contributed by atoms with E-state index in [1.807, 2.05) is 19.9 Å². The number of aryl methyl sites for hydroxylation is 2. The number of halogens is 2. The molecule has 0 radical (unpaired) electrons. The van der Waals surface area contributed by atoms with Gasteiger partial charge in [-0.05, 0) is 41.4 Å². The molecule has 1 heterocycles. The Morgan fingerprint density at radius 2 is 2.10 bits per heavy atom. The Bertz CT molecular complexity index is 237. The minimum absolute atomic E-state index is 0.554. The lowest BCUT2D eigenvalue weighted by Crippen LogP contribution is -1.86. The first kappa shape index (κ1) is 8.02. The molecule has 0 saturated heterocycles. The van der Waals surface area contributed by atoms with E-state index in [0.717, 1.165) is 15.7 Å². The molecular weight excluding hydrogens is 213 g/mol. The minimum Gasteiger partial charge on any atom is -0.240 e. The molecule has 10 heavy (non-hydrogen) atoms. The van der Waals surface area contributed by atoms with Crippen LogP contribution in [-0.2, 0) is 0 Å². The first-order chi connectivity index (χ1) is 4.61. The zero-order valence-electron chi connectivity index (χ0n) is 5.78. The number of aromatic nitrogens is 1. The van der Waals surface area contributed by atoms with Crippen LogP contribution in [0, 0.1) is 13.8 Å². The Hall–Kier alpha value is -0.0800. The van der Waals surface area contributed by atoms with Gasteiger partial charge >= 0.3 is 0 Å². The van der Waals surface area contributed by atoms with Crippen molar-refractivity contribution in [1.82, 2.24) is 4.98 Å². The van der Waals surface area contributed by atoms with E-state index in [0.29, 0.717) is 5.15 Å². The summed E-state index contributed by atoms with van der Waals surface area (Å²) in [5.74, 6) is 0. The number of hydrogen-bond donors (Lipinski definition) is 0. The fourth-order valence-corrected chi connectivity index (χ4v) is 1.26. The number of rotatable bonds is 0. The van der Waals surface area contributed by atoms with Crippen LogP contribution in [0.4, 0.5) is 0 Å². The molecule has 0 saturated carbocycles. The molecule has 0 bridgehead atoms. The maximum atomic E-state index is 5.69. The molecule has 0 N–H and O–H groups in total. The molecule has 0 aromatic carbocycles. The van der Waals surface area contributed by atoms with Crippen molar-refractivity contribution in [2.45, 2.75) is 13.8 Å². The molecular formula is C7H7BrClN. The predicted molar refractivity (Wildman–Crippen MR) is 46.4 cm³/mol. The molecule has 1 rings (SSSR count). The quantitative estimate of drug-likeness (QED) is 0.612. The van der Waals surface area contributed by atoms with Crippen LogP contribution in [-0.4, -0.2) is 4.98 Å². The molecule has 0 aliphatic carbocycles. The van der Waals surface area contributed by atoms with Gasteiger partial charge in [0.1, 0.15) is 5.15 Å². The van der Waals surface area contributed by atoms with E-state index in [1.54, 1.807) is 0 Å². The highest BCUT2D eigenvalue weighted by Crippen LogP contribution is 2.21. The van der Waals surface area contributed by atoms with Gasteiger partial charge in [-0.25, -0.2) is 4.98 Å². The molecule has 0 aliphatic rings. The Kier molecular flexibility index (Phi) is 2.32. The van der Waals surface area contributed by atoms with Gasteiger partial charge in [0.2, 0.25) is 0 Å². The van der Waals surface area contributed by atoms with Crippen molar-refractivity contribution in [2.24, 2.45) is 0 Å². The van der Waals surface area contributed by atoms with Crippen LogP contribution in [0.5, 0.6) is 0 Å². The second kappa shape index (κ2) is 2.89. The normalized spacial score (nSPS) is 10.0. The summed E-state index contributed by atoms with van der Waals surface area (Å²) >= 11 is 9.08. The van der Waals surface area contributed by atoms with E-state index in [1.165, 1.54) is 0 Å². The third kappa shape index (κ3) is 1.50. The van der Waals surface area contributed by atoms with Crippen molar-refractivity contribution in [1.29, 1.82) is 0 Å². The van der Waals surface area contributed by atoms with Crippen molar-refractivity contribution in [3.63, 3.8) is 0 Å². The first-order valence-corrected chi connectivity index (χ1v) is 4.07. The fraction of sp³-hybridized carbons (Fsp3) is 0.286. The van der Waals surface area contributed by atoms with Gasteiger partial charge in [-0.3, -0.25) is 0 Å². The van der Waals surface area contributed by atoms with Gasteiger partial charge < -0.3 is 0 Å². The third-order valence-electron chi connectivity index (χ3n) is 1.27. The van der Waals surface area contributed by atoms with E-state index in [4.69, 9.17) is 11.6 Å². The SMILES string of the molecule is Cc1cc(Cl)nc(C)c1Br. The number of nitrogens with zero attached hydrogens (tertiary/aromatic N) is 1. The van der Waals surface area contributed by atoms with Gasteiger partial charge in [-0.1, -0.05) is 11.6 Å². The topological polar surface area (TPSA) is 12.9 Å². The van der Waals surface area contributed by atoms with Gasteiger partial charge in [0.15, 0.2) is 0 Å². The Labute approximate surface area is 73.6 Å². The molecule has 0 unspecified atom stereocenters. The largest absolute Gasteiger partial charge is 0.240 e. The van der Waals surface area contributed by atoms with Crippen molar-refractivity contribution < 1.29 is 0 Å². The monoisotopic (exact) mass is 219 g/mol. The molecule has 1 aromatic heterocycles. The summed E-state index contributed by atoms with van der Waals surface area (Å²) in [7, 11) is 0. The van der Waals surface area contributed by atoms with Gasteiger partial charge in [0, 0.05) is 4.47 Å². The van der Waals surface area contributed by atoms with Crippen LogP contribution in [0.1, 0.15) is 11.3 Å². The van der Waals surface area contributed by atoms with Gasteiger partial charge in [-0.2, -0.15) is 0 Å². The van der Waals surface area contributed by atoms with Gasteiger partial charge in [0.05, 0.1) is 5.69 Å². The highest BCUT2D eigenvalue weighted by atomic mass is 79.9. The van der Waals surface area contributed by atoms with E-state index in [-0.39, 0.29) is 0 Å². The van der Waals surface area contributed by atoms with Crippen molar-refractivity contribution in [3.8, 4) is 0 Å². The van der Waals surface area contributed by atoms with Crippen LogP contribution in [0.2, 0.25) is 5.15 Å². The van der Waals surface area contributed by atoms with Gasteiger partial charge in [-0.15, -0.1) is 0 Å². The van der Waals surface area contributed by atoms with Crippen molar-refractivity contribution in [3.05, 3.63) is 26.9 Å². The Morgan fingerprint density at radius 3 is 2.60 bits per heavy atom. The summed E-state index contributed by atoms with van der Waals surface area (Å²) in [6.45, 7) is 3.91. The Morgan fingerprint density at radius 1 is 1.50 bits per heavy atom. The summed E-state index contributed by atoms with van der Waals surface area (Å²) in [4.78, 5) is 4.05. The van der Waals surface area contributed by atoms with Crippen LogP contribution < -0.4 is 0 Å². The maximum Gasteiger partial charge on any atom is 0.129 e. The highest BCUT2D eigenvalue weighted by Gasteiger charge is 2.00. The molecule has 0 aliphatic heterocycles. The molecule has 0 spiro atoms. The van der Waals surface area contributed by atoms with Crippen molar-refractivity contribution in [2.75, 3.05) is 0 Å². The minimum atomic E-state index is 0.554. The average Bonchev–Trinajstić information content (AvgIpc) is 1.82. The van der Waals surface area contributed by atoms with Crippen LogP contribution in [0.15, 0.2) is 10.5 Å². The lowest BCUT2D eigenvalue weighted by Gasteiger charge is -2.00. The maximum absolute atomic E-state index is 5.69. The van der Waals surface area contributed by atoms with Crippen LogP contribution in [0.3, 0.4) is 0 Å². The van der Waals surface area contributed by atoms with Gasteiger partial charge in [0.25, 0.3) is 0 Å². The molecule has 54 valence electrons. The Balaban J connectivity index is 3.31. The zero-order chi connectivity index (χ0) is 7.72. The summed E-state index contributed by atoms with van der Waals surface area (Å²) in [5, 5.41) is 0.554. The second-order valence-electron chi connectivity index (χ2n) is 2.16. The number of hydrogen-bond acceptors (Lipinski definition) is 1. The van der Waals surface area contributed by atoms with Crippen molar-refractivity contribution >= 4 is 27.5 Å². The third-order valence-corrected chi connectivity index (χ3v) is 2.67. The zero-order valence-corrected chi connectivity index (χ0v) is 8.12. The van der Waals surface area contributed by atoms with E-state index >= 15 is 0 Å². The molecule has 0 amide bonds.